The van der Waals surface area contributed by atoms with E-state index < -0.39 is 11.4 Å². The molecule has 0 radical (unpaired) electrons. The van der Waals surface area contributed by atoms with Gasteiger partial charge < -0.3 is 27.0 Å². The predicted molar refractivity (Wildman–Crippen MR) is 213 cm³/mol. The Hall–Kier alpha value is -1.22. The molecule has 0 aliphatic heterocycles. The lowest BCUT2D eigenvalue weighted by atomic mass is 9.98. The number of rotatable bonds is 39. The van der Waals surface area contributed by atoms with E-state index in [1.165, 1.54) is 128 Å². The maximum atomic E-state index is 14.0. The minimum atomic E-state index is -1.40. The summed E-state index contributed by atoms with van der Waals surface area (Å²) < 4.78 is 0. The topological polar surface area (TPSA) is 131 Å². The summed E-state index contributed by atoms with van der Waals surface area (Å²) in [7, 11) is 0. The highest BCUT2D eigenvalue weighted by atomic mass is 16.2. The van der Waals surface area contributed by atoms with Crippen molar-refractivity contribution in [3.05, 3.63) is 0 Å². The molecular weight excluding hydrogens is 608 g/mol. The van der Waals surface area contributed by atoms with Crippen molar-refractivity contribution in [2.75, 3.05) is 52.4 Å². The molecule has 0 bridgehead atoms. The summed E-state index contributed by atoms with van der Waals surface area (Å²) in [6.45, 7) is 12.3. The summed E-state index contributed by atoms with van der Waals surface area (Å²) >= 11 is 0. The molecule has 0 rings (SSSR count). The number of primary amides is 1. The quantitative estimate of drug-likeness (QED) is 0.0377. The largest absolute Gasteiger partial charge is 0.368 e. The van der Waals surface area contributed by atoms with Crippen LogP contribution in [0.2, 0.25) is 0 Å². The minimum absolute atomic E-state index is 0.158. The van der Waals surface area contributed by atoms with Gasteiger partial charge in [-0.1, -0.05) is 155 Å². The molecule has 0 saturated heterocycles. The number of nitrogens with two attached hydrogens (primary N) is 3. The van der Waals surface area contributed by atoms with Gasteiger partial charge in [0, 0.05) is 13.1 Å². The van der Waals surface area contributed by atoms with E-state index in [1.54, 1.807) is 6.92 Å². The number of nitrogens with one attached hydrogen (secondary N) is 1. The van der Waals surface area contributed by atoms with Gasteiger partial charge >= 0.3 is 0 Å². The Bertz CT molecular complexity index is 703. The second kappa shape index (κ2) is 35.2. The van der Waals surface area contributed by atoms with Crippen LogP contribution in [0, 0.1) is 0 Å². The van der Waals surface area contributed by atoms with Crippen molar-refractivity contribution in [2.24, 2.45) is 17.2 Å². The Kier molecular flexibility index (Phi) is 34.3. The van der Waals surface area contributed by atoms with Crippen LogP contribution in [-0.4, -0.2) is 79.5 Å². The van der Waals surface area contributed by atoms with Crippen LogP contribution in [0.4, 0.5) is 0 Å². The summed E-state index contributed by atoms with van der Waals surface area (Å²) in [5, 5.41) is 3.29. The standard InChI is InChI=1S/C41H86N6O2/c1-4-6-8-10-12-14-16-18-20-22-24-26-37-47(38-27-25-23-21-19-17-15-13-11-9-7-5-2)40(49)41(3,39(44)48)45-33-30-36-46(34-28-31-42)35-29-32-43/h45H,4-38,42-43H2,1-3H3,(H2,44,48). The zero-order chi connectivity index (χ0) is 36.3. The van der Waals surface area contributed by atoms with Crippen molar-refractivity contribution in [1.82, 2.24) is 15.1 Å². The first-order chi connectivity index (χ1) is 23.9. The molecule has 8 nitrogen and oxygen atoms in total. The molecule has 0 aromatic rings. The van der Waals surface area contributed by atoms with Crippen LogP contribution < -0.4 is 22.5 Å². The van der Waals surface area contributed by atoms with E-state index in [0.717, 1.165) is 64.6 Å². The van der Waals surface area contributed by atoms with Crippen LogP contribution in [0.1, 0.15) is 194 Å². The van der Waals surface area contributed by atoms with Gasteiger partial charge in [-0.05, 0) is 78.3 Å². The van der Waals surface area contributed by atoms with Crippen molar-refractivity contribution >= 4 is 11.8 Å². The van der Waals surface area contributed by atoms with Gasteiger partial charge in [0.25, 0.3) is 5.91 Å². The molecule has 0 aliphatic carbocycles. The summed E-state index contributed by atoms with van der Waals surface area (Å²) in [6, 6.07) is 0. The fourth-order valence-corrected chi connectivity index (χ4v) is 6.79. The normalized spacial score (nSPS) is 12.9. The lowest BCUT2D eigenvalue weighted by Gasteiger charge is -2.34. The van der Waals surface area contributed by atoms with Crippen LogP contribution >= 0.6 is 0 Å². The maximum Gasteiger partial charge on any atom is 0.252 e. The van der Waals surface area contributed by atoms with E-state index in [1.807, 2.05) is 4.90 Å². The molecule has 49 heavy (non-hydrogen) atoms. The van der Waals surface area contributed by atoms with Gasteiger partial charge in [0.15, 0.2) is 5.54 Å². The van der Waals surface area contributed by atoms with Gasteiger partial charge in [0.2, 0.25) is 5.91 Å². The molecule has 0 aromatic carbocycles. The number of amides is 2. The SMILES string of the molecule is CCCCCCCCCCCCCCN(CCCCCCCCCCCCCC)C(=O)C(C)(NCCCN(CCCN)CCCN)C(N)=O. The highest BCUT2D eigenvalue weighted by Gasteiger charge is 2.41. The van der Waals surface area contributed by atoms with E-state index in [4.69, 9.17) is 17.2 Å². The van der Waals surface area contributed by atoms with E-state index in [2.05, 4.69) is 24.1 Å². The summed E-state index contributed by atoms with van der Waals surface area (Å²) in [5.41, 5.74) is 16.0. The average Bonchev–Trinajstić information content (AvgIpc) is 3.10. The Labute approximate surface area is 305 Å². The molecule has 0 fully saturated rings. The molecule has 1 atom stereocenters. The Morgan fingerprint density at radius 2 is 0.816 bits per heavy atom. The molecule has 1 unspecified atom stereocenters. The molecule has 0 spiro atoms. The fourth-order valence-electron chi connectivity index (χ4n) is 6.79. The number of unbranched alkanes of at least 4 members (excludes halogenated alkanes) is 22. The van der Waals surface area contributed by atoms with Crippen LogP contribution in [0.3, 0.4) is 0 Å². The molecular formula is C41H86N6O2. The molecule has 8 heteroatoms. The van der Waals surface area contributed by atoms with Crippen molar-refractivity contribution in [3.63, 3.8) is 0 Å². The number of hydrogen-bond donors (Lipinski definition) is 4. The smallest absolute Gasteiger partial charge is 0.252 e. The summed E-state index contributed by atoms with van der Waals surface area (Å²) in [6.07, 6.45) is 33.6. The molecule has 0 aromatic heterocycles. The molecule has 7 N–H and O–H groups in total. The first kappa shape index (κ1) is 47.8. The highest BCUT2D eigenvalue weighted by molar-refractivity contribution is 6.08. The molecule has 0 saturated carbocycles. The van der Waals surface area contributed by atoms with Gasteiger partial charge in [-0.2, -0.15) is 0 Å². The van der Waals surface area contributed by atoms with Crippen molar-refractivity contribution < 1.29 is 9.59 Å². The zero-order valence-electron chi connectivity index (χ0n) is 33.2. The van der Waals surface area contributed by atoms with Gasteiger partial charge in [-0.25, -0.2) is 0 Å². The van der Waals surface area contributed by atoms with Crippen molar-refractivity contribution in [2.45, 2.75) is 200 Å². The average molecular weight is 695 g/mol. The third-order valence-electron chi connectivity index (χ3n) is 10.3. The molecule has 0 aliphatic rings. The summed E-state index contributed by atoms with van der Waals surface area (Å²) in [5.74, 6) is -0.746. The zero-order valence-corrected chi connectivity index (χ0v) is 33.2. The van der Waals surface area contributed by atoms with Crippen molar-refractivity contribution in [3.8, 4) is 0 Å². The van der Waals surface area contributed by atoms with Crippen LogP contribution in [0.15, 0.2) is 0 Å². The lowest BCUT2D eigenvalue weighted by molar-refractivity contribution is -0.144. The number of nitrogens with zero attached hydrogens (tertiary/aromatic N) is 2. The molecule has 292 valence electrons. The van der Waals surface area contributed by atoms with E-state index in [-0.39, 0.29) is 5.91 Å². The van der Waals surface area contributed by atoms with Gasteiger partial charge in [-0.3, -0.25) is 14.9 Å². The summed E-state index contributed by atoms with van der Waals surface area (Å²) in [4.78, 5) is 31.1. The van der Waals surface area contributed by atoms with E-state index in [0.29, 0.717) is 32.7 Å². The third-order valence-corrected chi connectivity index (χ3v) is 10.3. The monoisotopic (exact) mass is 695 g/mol. The number of carbonyl (C=O) groups excluding carboxylic acids is 2. The van der Waals surface area contributed by atoms with Crippen molar-refractivity contribution in [1.29, 1.82) is 0 Å². The van der Waals surface area contributed by atoms with E-state index >= 15 is 0 Å². The first-order valence-electron chi connectivity index (χ1n) is 21.3. The Morgan fingerprint density at radius 1 is 0.490 bits per heavy atom. The minimum Gasteiger partial charge on any atom is -0.368 e. The van der Waals surface area contributed by atoms with E-state index in [9.17, 15) is 9.59 Å². The van der Waals surface area contributed by atoms with Crippen LogP contribution in [0.25, 0.3) is 0 Å². The first-order valence-corrected chi connectivity index (χ1v) is 21.3. The van der Waals surface area contributed by atoms with Gasteiger partial charge in [0.05, 0.1) is 0 Å². The second-order valence-electron chi connectivity index (χ2n) is 15.0. The lowest BCUT2D eigenvalue weighted by Crippen LogP contribution is -2.63. The number of hydrogen-bond acceptors (Lipinski definition) is 6. The fraction of sp³-hybridized carbons (Fsp3) is 0.951. The maximum absolute atomic E-state index is 14.0. The van der Waals surface area contributed by atoms with Crippen LogP contribution in [-0.2, 0) is 9.59 Å². The molecule has 0 heterocycles. The second-order valence-corrected chi connectivity index (χ2v) is 15.0. The molecule has 2 amide bonds. The Morgan fingerprint density at radius 3 is 1.14 bits per heavy atom. The van der Waals surface area contributed by atoms with Gasteiger partial charge in [0.1, 0.15) is 0 Å². The highest BCUT2D eigenvalue weighted by Crippen LogP contribution is 2.17. The number of carbonyl (C=O) groups is 2. The predicted octanol–water partition coefficient (Wildman–Crippen LogP) is 8.44. The third kappa shape index (κ3) is 27.1. The Balaban J connectivity index is 4.86. The van der Waals surface area contributed by atoms with Gasteiger partial charge in [-0.15, -0.1) is 0 Å². The van der Waals surface area contributed by atoms with Crippen LogP contribution in [0.5, 0.6) is 0 Å².